The Balaban J connectivity index is 2.65. The van der Waals surface area contributed by atoms with Gasteiger partial charge in [-0.3, -0.25) is 4.79 Å². The van der Waals surface area contributed by atoms with Gasteiger partial charge in [-0.15, -0.1) is 0 Å². The fourth-order valence-corrected chi connectivity index (χ4v) is 1.33. The maximum atomic E-state index is 10.6. The first-order chi connectivity index (χ1) is 6.56. The van der Waals surface area contributed by atoms with Crippen LogP contribution in [0.3, 0.4) is 0 Å². The molecule has 0 bridgehead atoms. The van der Waals surface area contributed by atoms with Crippen LogP contribution in [-0.2, 0) is 19.1 Å². The van der Waals surface area contributed by atoms with E-state index in [1.807, 2.05) is 0 Å². The first-order valence-corrected chi connectivity index (χ1v) is 4.16. The second-order valence-corrected chi connectivity index (χ2v) is 3.07. The van der Waals surface area contributed by atoms with Crippen molar-refractivity contribution in [2.24, 2.45) is 0 Å². The zero-order valence-corrected chi connectivity index (χ0v) is 7.62. The van der Waals surface area contributed by atoms with Crippen molar-refractivity contribution in [2.45, 2.75) is 31.3 Å². The molecule has 6 heteroatoms. The van der Waals surface area contributed by atoms with Gasteiger partial charge in [0.05, 0.1) is 6.61 Å². The lowest BCUT2D eigenvalue weighted by Crippen LogP contribution is -2.42. The number of aliphatic hydroxyl groups is 2. The molecule has 0 saturated carbocycles. The predicted molar refractivity (Wildman–Crippen MR) is 43.4 cm³/mol. The lowest BCUT2D eigenvalue weighted by Gasteiger charge is -2.21. The molecule has 1 saturated heterocycles. The molecule has 0 unspecified atom stereocenters. The summed E-state index contributed by atoms with van der Waals surface area (Å²) < 4.78 is 9.65. The molecule has 0 aliphatic carbocycles. The molecule has 80 valence electrons. The quantitative estimate of drug-likeness (QED) is 0.418. The summed E-state index contributed by atoms with van der Waals surface area (Å²) in [7, 11) is 0. The Hall–Kier alpha value is -0.980. The summed E-state index contributed by atoms with van der Waals surface area (Å²) in [6.45, 7) is 1.11. The summed E-state index contributed by atoms with van der Waals surface area (Å²) in [5.74, 6) is -0.595. The van der Waals surface area contributed by atoms with Crippen LogP contribution >= 0.6 is 0 Å². The number of hydrogen-bond acceptors (Lipinski definition) is 6. The fourth-order valence-electron chi connectivity index (χ4n) is 1.33. The molecular formula is C8H12O6. The van der Waals surface area contributed by atoms with E-state index in [0.29, 0.717) is 0 Å². The summed E-state index contributed by atoms with van der Waals surface area (Å²) in [6, 6.07) is 0. The number of carbonyl (C=O) groups is 2. The number of aliphatic hydroxyl groups excluding tert-OH is 2. The van der Waals surface area contributed by atoms with Crippen LogP contribution in [0, 0.1) is 0 Å². The van der Waals surface area contributed by atoms with Crippen LogP contribution in [0.5, 0.6) is 0 Å². The van der Waals surface area contributed by atoms with Gasteiger partial charge in [-0.1, -0.05) is 0 Å². The summed E-state index contributed by atoms with van der Waals surface area (Å²) in [5.41, 5.74) is 0. The monoisotopic (exact) mass is 204 g/mol. The van der Waals surface area contributed by atoms with Gasteiger partial charge in [0, 0.05) is 6.92 Å². The topological polar surface area (TPSA) is 93.1 Å². The summed E-state index contributed by atoms with van der Waals surface area (Å²) in [6.07, 6.45) is -4.08. The normalized spacial score (nSPS) is 33.8. The van der Waals surface area contributed by atoms with Crippen LogP contribution in [0.2, 0.25) is 0 Å². The molecule has 0 amide bonds. The number of esters is 1. The van der Waals surface area contributed by atoms with Crippen molar-refractivity contribution < 1.29 is 29.3 Å². The lowest BCUT2D eigenvalue weighted by atomic mass is 10.1. The highest BCUT2D eigenvalue weighted by Gasteiger charge is 2.42. The number of ether oxygens (including phenoxy) is 2. The standard InChI is InChI=1S/C8H12O6/c1-4(10)14-8-6(12)3-13-7(8)5(11)2-9/h2,5-8,11-12H,3H2,1H3/t5-,6+,7+,8-/m0/s1. The van der Waals surface area contributed by atoms with E-state index < -0.39 is 30.4 Å². The van der Waals surface area contributed by atoms with E-state index in [0.717, 1.165) is 0 Å². The fraction of sp³-hybridized carbons (Fsp3) is 0.750. The van der Waals surface area contributed by atoms with Crippen LogP contribution in [0.25, 0.3) is 0 Å². The van der Waals surface area contributed by atoms with Gasteiger partial charge >= 0.3 is 5.97 Å². The lowest BCUT2D eigenvalue weighted by molar-refractivity contribution is -0.157. The molecule has 1 aliphatic heterocycles. The third-order valence-corrected chi connectivity index (χ3v) is 1.94. The summed E-state index contributed by atoms with van der Waals surface area (Å²) in [4.78, 5) is 20.9. The van der Waals surface area contributed by atoms with Gasteiger partial charge < -0.3 is 24.5 Å². The average molecular weight is 204 g/mol. The molecule has 1 heterocycles. The molecule has 1 fully saturated rings. The van der Waals surface area contributed by atoms with Crippen molar-refractivity contribution >= 4 is 12.3 Å². The smallest absolute Gasteiger partial charge is 0.303 e. The molecule has 4 atom stereocenters. The Kier molecular flexibility index (Phi) is 3.56. The number of aldehydes is 1. The van der Waals surface area contributed by atoms with Crippen LogP contribution < -0.4 is 0 Å². The molecule has 1 aliphatic rings. The van der Waals surface area contributed by atoms with E-state index in [-0.39, 0.29) is 12.9 Å². The highest BCUT2D eigenvalue weighted by molar-refractivity contribution is 5.66. The number of hydrogen-bond donors (Lipinski definition) is 2. The SMILES string of the molecule is CC(=O)O[C@@H]1[C@@H]([C@@H](O)C=O)OC[C@H]1O. The molecule has 0 radical (unpaired) electrons. The van der Waals surface area contributed by atoms with Crippen molar-refractivity contribution in [3.8, 4) is 0 Å². The van der Waals surface area contributed by atoms with Gasteiger partial charge in [0.1, 0.15) is 18.3 Å². The van der Waals surface area contributed by atoms with E-state index in [1.54, 1.807) is 0 Å². The van der Waals surface area contributed by atoms with Crippen molar-refractivity contribution in [3.63, 3.8) is 0 Å². The molecule has 1 rings (SSSR count). The third kappa shape index (κ3) is 2.28. The molecule has 0 spiro atoms. The number of carbonyl (C=O) groups excluding carboxylic acids is 2. The minimum atomic E-state index is -1.39. The van der Waals surface area contributed by atoms with Gasteiger partial charge in [-0.2, -0.15) is 0 Å². The van der Waals surface area contributed by atoms with E-state index in [4.69, 9.17) is 14.6 Å². The maximum Gasteiger partial charge on any atom is 0.303 e. The Morgan fingerprint density at radius 1 is 1.71 bits per heavy atom. The van der Waals surface area contributed by atoms with E-state index in [1.165, 1.54) is 6.92 Å². The largest absolute Gasteiger partial charge is 0.457 e. The van der Waals surface area contributed by atoms with Crippen LogP contribution in [0.4, 0.5) is 0 Å². The zero-order chi connectivity index (χ0) is 10.7. The van der Waals surface area contributed by atoms with Crippen LogP contribution in [0.15, 0.2) is 0 Å². The van der Waals surface area contributed by atoms with Crippen LogP contribution in [-0.4, -0.2) is 53.5 Å². The van der Waals surface area contributed by atoms with E-state index in [9.17, 15) is 14.7 Å². The van der Waals surface area contributed by atoms with Crippen molar-refractivity contribution in [3.05, 3.63) is 0 Å². The first-order valence-electron chi connectivity index (χ1n) is 4.16. The molecule has 6 nitrogen and oxygen atoms in total. The Bertz CT molecular complexity index is 228. The second-order valence-electron chi connectivity index (χ2n) is 3.07. The molecular weight excluding hydrogens is 192 g/mol. The predicted octanol–water partition coefficient (Wildman–Crippen LogP) is -1.76. The van der Waals surface area contributed by atoms with Crippen molar-refractivity contribution in [1.29, 1.82) is 0 Å². The Morgan fingerprint density at radius 3 is 2.86 bits per heavy atom. The second kappa shape index (κ2) is 4.50. The highest BCUT2D eigenvalue weighted by Crippen LogP contribution is 2.20. The highest BCUT2D eigenvalue weighted by atomic mass is 16.6. The van der Waals surface area contributed by atoms with Gasteiger partial charge in [0.2, 0.25) is 0 Å². The molecule has 0 aromatic rings. The zero-order valence-electron chi connectivity index (χ0n) is 7.62. The van der Waals surface area contributed by atoms with Crippen molar-refractivity contribution in [1.82, 2.24) is 0 Å². The Morgan fingerprint density at radius 2 is 2.36 bits per heavy atom. The minimum absolute atomic E-state index is 0.0620. The number of rotatable bonds is 3. The van der Waals surface area contributed by atoms with Gasteiger partial charge in [0.15, 0.2) is 12.4 Å². The summed E-state index contributed by atoms with van der Waals surface area (Å²) in [5, 5.41) is 18.5. The Labute approximate surface area is 80.4 Å². The first kappa shape index (κ1) is 11.1. The molecule has 14 heavy (non-hydrogen) atoms. The summed E-state index contributed by atoms with van der Waals surface area (Å²) >= 11 is 0. The van der Waals surface area contributed by atoms with E-state index >= 15 is 0 Å². The van der Waals surface area contributed by atoms with Gasteiger partial charge in [-0.05, 0) is 0 Å². The maximum absolute atomic E-state index is 10.6. The third-order valence-electron chi connectivity index (χ3n) is 1.94. The average Bonchev–Trinajstić information content (AvgIpc) is 2.46. The van der Waals surface area contributed by atoms with Gasteiger partial charge in [-0.25, -0.2) is 0 Å². The van der Waals surface area contributed by atoms with Crippen LogP contribution in [0.1, 0.15) is 6.92 Å². The molecule has 2 N–H and O–H groups in total. The van der Waals surface area contributed by atoms with Gasteiger partial charge in [0.25, 0.3) is 0 Å². The van der Waals surface area contributed by atoms with Crippen molar-refractivity contribution in [2.75, 3.05) is 6.61 Å². The molecule has 0 aromatic heterocycles. The van der Waals surface area contributed by atoms with E-state index in [2.05, 4.69) is 0 Å². The minimum Gasteiger partial charge on any atom is -0.457 e. The molecule has 0 aromatic carbocycles.